The molecule has 0 spiro atoms. The number of aromatic amines is 1. The van der Waals surface area contributed by atoms with E-state index < -0.39 is 5.97 Å². The average molecular weight is 409 g/mol. The molecule has 0 unspecified atom stereocenters. The number of piperazine rings is 1. The van der Waals surface area contributed by atoms with Gasteiger partial charge in [-0.05, 0) is 30.2 Å². The number of ether oxygens (including phenoxy) is 1. The van der Waals surface area contributed by atoms with Crippen molar-refractivity contribution in [3.63, 3.8) is 0 Å². The quantitative estimate of drug-likeness (QED) is 0.630. The highest BCUT2D eigenvalue weighted by molar-refractivity contribution is 5.91. The summed E-state index contributed by atoms with van der Waals surface area (Å²) in [5.41, 5.74) is 2.08. The van der Waals surface area contributed by atoms with Crippen molar-refractivity contribution in [2.45, 2.75) is 12.8 Å². The lowest BCUT2D eigenvalue weighted by Gasteiger charge is -2.34. The van der Waals surface area contributed by atoms with Gasteiger partial charge in [0.15, 0.2) is 12.4 Å². The predicted molar refractivity (Wildman–Crippen MR) is 109 cm³/mol. The minimum atomic E-state index is -0.403. The fraction of sp³-hybridized carbons (Fsp3) is 0.318. The zero-order valence-electron chi connectivity index (χ0n) is 16.5. The number of H-pyrrole nitrogens is 1. The van der Waals surface area contributed by atoms with E-state index in [2.05, 4.69) is 4.98 Å². The zero-order valence-corrected chi connectivity index (χ0v) is 16.5. The van der Waals surface area contributed by atoms with Gasteiger partial charge >= 0.3 is 5.97 Å². The monoisotopic (exact) mass is 409 g/mol. The fourth-order valence-corrected chi connectivity index (χ4v) is 3.60. The molecular weight excluding hydrogens is 386 g/mol. The third-order valence-corrected chi connectivity index (χ3v) is 5.28. The van der Waals surface area contributed by atoms with Crippen LogP contribution < -0.4 is 0 Å². The number of aromatic nitrogens is 1. The van der Waals surface area contributed by atoms with Crippen LogP contribution >= 0.6 is 0 Å². The van der Waals surface area contributed by atoms with Crippen molar-refractivity contribution < 1.29 is 23.5 Å². The maximum atomic E-state index is 12.3. The number of amides is 2. The van der Waals surface area contributed by atoms with Crippen molar-refractivity contribution in [2.24, 2.45) is 0 Å². The number of para-hydroxylation sites is 1. The van der Waals surface area contributed by atoms with Gasteiger partial charge < -0.3 is 23.9 Å². The van der Waals surface area contributed by atoms with E-state index in [0.717, 1.165) is 16.5 Å². The number of aryl methyl sites for hydroxylation is 1. The van der Waals surface area contributed by atoms with Crippen LogP contribution in [0.25, 0.3) is 10.9 Å². The first kappa shape index (κ1) is 19.8. The molecule has 1 aliphatic heterocycles. The van der Waals surface area contributed by atoms with E-state index in [1.807, 2.05) is 30.5 Å². The van der Waals surface area contributed by atoms with Crippen molar-refractivity contribution in [3.05, 3.63) is 60.2 Å². The van der Waals surface area contributed by atoms with Gasteiger partial charge in [-0.2, -0.15) is 0 Å². The summed E-state index contributed by atoms with van der Waals surface area (Å²) >= 11 is 0. The number of fused-ring (bicyclic) bond motifs is 1. The topological polar surface area (TPSA) is 95.9 Å². The highest BCUT2D eigenvalue weighted by Crippen LogP contribution is 2.19. The van der Waals surface area contributed by atoms with E-state index in [1.54, 1.807) is 21.9 Å². The van der Waals surface area contributed by atoms with Gasteiger partial charge in [0.1, 0.15) is 0 Å². The van der Waals surface area contributed by atoms with Crippen LogP contribution in [-0.4, -0.2) is 65.4 Å². The van der Waals surface area contributed by atoms with E-state index in [4.69, 9.17) is 9.15 Å². The molecule has 1 aliphatic rings. The molecule has 2 aromatic heterocycles. The number of carbonyl (C=O) groups is 3. The molecule has 2 amide bonds. The Balaban J connectivity index is 1.19. The van der Waals surface area contributed by atoms with E-state index >= 15 is 0 Å². The molecule has 1 aromatic carbocycles. The number of furan rings is 1. The standard InChI is InChI=1S/C22H23N3O5/c26-20(24-9-11-25(12-10-24)22(28)19-6-3-13-29-19)15-30-21(27)8-7-16-14-23-18-5-2-1-4-17(16)18/h1-6,13-14,23H,7-12,15H2. The number of nitrogens with zero attached hydrogens (tertiary/aromatic N) is 2. The maximum absolute atomic E-state index is 12.3. The molecule has 156 valence electrons. The lowest BCUT2D eigenvalue weighted by atomic mass is 10.1. The molecule has 0 radical (unpaired) electrons. The van der Waals surface area contributed by atoms with Crippen molar-refractivity contribution in [1.29, 1.82) is 0 Å². The smallest absolute Gasteiger partial charge is 0.306 e. The minimum Gasteiger partial charge on any atom is -0.459 e. The lowest BCUT2D eigenvalue weighted by molar-refractivity contribution is -0.152. The van der Waals surface area contributed by atoms with Crippen molar-refractivity contribution in [2.75, 3.05) is 32.8 Å². The third kappa shape index (κ3) is 4.37. The summed E-state index contributed by atoms with van der Waals surface area (Å²) in [6.45, 7) is 1.36. The Labute approximate surface area is 173 Å². The molecule has 0 saturated carbocycles. The maximum Gasteiger partial charge on any atom is 0.306 e. The number of hydrogen-bond acceptors (Lipinski definition) is 5. The molecule has 0 aliphatic carbocycles. The van der Waals surface area contributed by atoms with Gasteiger partial charge in [0.25, 0.3) is 11.8 Å². The Morgan fingerprint density at radius 2 is 1.77 bits per heavy atom. The summed E-state index contributed by atoms with van der Waals surface area (Å²) in [7, 11) is 0. The summed E-state index contributed by atoms with van der Waals surface area (Å²) in [6, 6.07) is 11.2. The lowest BCUT2D eigenvalue weighted by Crippen LogP contribution is -2.51. The number of carbonyl (C=O) groups excluding carboxylic acids is 3. The summed E-state index contributed by atoms with van der Waals surface area (Å²) in [6.07, 6.45) is 4.11. The number of rotatable bonds is 6. The molecule has 1 saturated heterocycles. The molecule has 30 heavy (non-hydrogen) atoms. The fourth-order valence-electron chi connectivity index (χ4n) is 3.60. The average Bonchev–Trinajstić information content (AvgIpc) is 3.46. The third-order valence-electron chi connectivity index (χ3n) is 5.28. The molecule has 0 atom stereocenters. The first-order chi connectivity index (χ1) is 14.6. The number of hydrogen-bond donors (Lipinski definition) is 1. The molecule has 3 aromatic rings. The van der Waals surface area contributed by atoms with Crippen molar-refractivity contribution >= 4 is 28.7 Å². The molecule has 4 rings (SSSR count). The SMILES string of the molecule is O=C(CCc1c[nH]c2ccccc12)OCC(=O)N1CCN(C(=O)c2ccco2)CC1. The summed E-state index contributed by atoms with van der Waals surface area (Å²) in [5, 5.41) is 1.09. The molecule has 8 heteroatoms. The Hall–Kier alpha value is -3.55. The Morgan fingerprint density at radius 3 is 2.53 bits per heavy atom. The Bertz CT molecular complexity index is 1030. The van der Waals surface area contributed by atoms with Gasteiger partial charge in [-0.3, -0.25) is 14.4 Å². The highest BCUT2D eigenvalue weighted by atomic mass is 16.5. The second-order valence-corrected chi connectivity index (χ2v) is 7.17. The number of nitrogens with one attached hydrogen (secondary N) is 1. The molecule has 0 bridgehead atoms. The van der Waals surface area contributed by atoms with Crippen LogP contribution in [0.5, 0.6) is 0 Å². The first-order valence-electron chi connectivity index (χ1n) is 9.93. The van der Waals surface area contributed by atoms with Crippen molar-refractivity contribution in [3.8, 4) is 0 Å². The summed E-state index contributed by atoms with van der Waals surface area (Å²) < 4.78 is 10.3. The Morgan fingerprint density at radius 1 is 1.00 bits per heavy atom. The van der Waals surface area contributed by atoms with Crippen LogP contribution in [-0.2, 0) is 20.7 Å². The predicted octanol–water partition coefficient (Wildman–Crippen LogP) is 2.22. The molecule has 1 fully saturated rings. The normalized spacial score (nSPS) is 14.1. The van der Waals surface area contributed by atoms with Crippen LogP contribution in [0.15, 0.2) is 53.3 Å². The Kier molecular flexibility index (Phi) is 5.83. The highest BCUT2D eigenvalue weighted by Gasteiger charge is 2.26. The van der Waals surface area contributed by atoms with Gasteiger partial charge in [-0.25, -0.2) is 0 Å². The first-order valence-corrected chi connectivity index (χ1v) is 9.93. The summed E-state index contributed by atoms with van der Waals surface area (Å²) in [5.74, 6) is -0.546. The second kappa shape index (κ2) is 8.86. The molecular formula is C22H23N3O5. The van der Waals surface area contributed by atoms with Crippen LogP contribution in [0.1, 0.15) is 22.5 Å². The largest absolute Gasteiger partial charge is 0.459 e. The van der Waals surface area contributed by atoms with Crippen LogP contribution in [0.2, 0.25) is 0 Å². The molecule has 8 nitrogen and oxygen atoms in total. The zero-order chi connectivity index (χ0) is 20.9. The van der Waals surface area contributed by atoms with Crippen LogP contribution in [0.4, 0.5) is 0 Å². The van der Waals surface area contributed by atoms with E-state index in [1.165, 1.54) is 6.26 Å². The number of esters is 1. The molecule has 1 N–H and O–H groups in total. The van der Waals surface area contributed by atoms with E-state index in [-0.39, 0.29) is 24.8 Å². The van der Waals surface area contributed by atoms with Crippen LogP contribution in [0, 0.1) is 0 Å². The van der Waals surface area contributed by atoms with Gasteiger partial charge in [0, 0.05) is 49.7 Å². The van der Waals surface area contributed by atoms with Crippen molar-refractivity contribution in [1.82, 2.24) is 14.8 Å². The van der Waals surface area contributed by atoms with Gasteiger partial charge in [-0.1, -0.05) is 18.2 Å². The second-order valence-electron chi connectivity index (χ2n) is 7.17. The summed E-state index contributed by atoms with van der Waals surface area (Å²) in [4.78, 5) is 43.1. The van der Waals surface area contributed by atoms with Gasteiger partial charge in [-0.15, -0.1) is 0 Å². The van der Waals surface area contributed by atoms with Crippen LogP contribution in [0.3, 0.4) is 0 Å². The minimum absolute atomic E-state index is 0.184. The van der Waals surface area contributed by atoms with E-state index in [9.17, 15) is 14.4 Å². The van der Waals surface area contributed by atoms with Gasteiger partial charge in [0.2, 0.25) is 0 Å². The molecule has 3 heterocycles. The number of benzene rings is 1. The van der Waals surface area contributed by atoms with E-state index in [0.29, 0.717) is 38.4 Å². The van der Waals surface area contributed by atoms with Gasteiger partial charge in [0.05, 0.1) is 6.26 Å².